The van der Waals surface area contributed by atoms with Gasteiger partial charge >= 0.3 is 5.63 Å². The second-order valence-electron chi connectivity index (χ2n) is 8.10. The Morgan fingerprint density at radius 3 is 2.32 bits per heavy atom. The summed E-state index contributed by atoms with van der Waals surface area (Å²) in [7, 11) is 3.13. The van der Waals surface area contributed by atoms with Crippen LogP contribution >= 0.6 is 12.4 Å². The van der Waals surface area contributed by atoms with E-state index in [0.29, 0.717) is 28.2 Å². The Bertz CT molecular complexity index is 1560. The molecule has 5 aromatic rings. The summed E-state index contributed by atoms with van der Waals surface area (Å²) in [5.41, 5.74) is 2.72. The van der Waals surface area contributed by atoms with Gasteiger partial charge in [0.2, 0.25) is 0 Å². The van der Waals surface area contributed by atoms with Crippen molar-refractivity contribution in [1.29, 1.82) is 0 Å². The van der Waals surface area contributed by atoms with Crippen LogP contribution in [-0.4, -0.2) is 30.1 Å². The van der Waals surface area contributed by atoms with E-state index in [1.54, 1.807) is 57.1 Å². The summed E-state index contributed by atoms with van der Waals surface area (Å²) in [6.45, 7) is 0.167. The minimum Gasteiger partial charge on any atom is -0.497 e. The number of benzene rings is 3. The molecule has 1 N–H and O–H groups in total. The van der Waals surface area contributed by atoms with E-state index in [4.69, 9.17) is 13.9 Å². The first-order chi connectivity index (χ1) is 17.6. The number of para-hydroxylation sites is 1. The largest absolute Gasteiger partial charge is 0.497 e. The van der Waals surface area contributed by atoms with E-state index in [9.17, 15) is 9.59 Å². The van der Waals surface area contributed by atoms with Crippen molar-refractivity contribution < 1.29 is 18.7 Å². The van der Waals surface area contributed by atoms with Crippen LogP contribution in [0.2, 0.25) is 0 Å². The number of imidazole rings is 1. The summed E-state index contributed by atoms with van der Waals surface area (Å²) in [6, 6.07) is 21.5. The molecule has 5 rings (SSSR count). The lowest BCUT2D eigenvalue weighted by Crippen LogP contribution is -2.33. The van der Waals surface area contributed by atoms with Crippen molar-refractivity contribution in [1.82, 2.24) is 9.97 Å². The fraction of sp³-hybridized carbons (Fsp3) is 0.107. The normalized spacial score (nSPS) is 10.5. The molecule has 0 aliphatic heterocycles. The van der Waals surface area contributed by atoms with Gasteiger partial charge in [0.25, 0.3) is 5.91 Å². The van der Waals surface area contributed by atoms with Gasteiger partial charge in [-0.2, -0.15) is 0 Å². The van der Waals surface area contributed by atoms with Gasteiger partial charge < -0.3 is 23.8 Å². The van der Waals surface area contributed by atoms with Crippen LogP contribution in [0.1, 0.15) is 15.9 Å². The highest BCUT2D eigenvalue weighted by atomic mass is 35.5. The third kappa shape index (κ3) is 5.34. The molecule has 8 nitrogen and oxygen atoms in total. The zero-order chi connectivity index (χ0) is 25.1. The molecule has 0 fully saturated rings. The zero-order valence-electron chi connectivity index (χ0n) is 20.1. The Hall–Kier alpha value is -4.56. The highest BCUT2D eigenvalue weighted by molar-refractivity contribution is 6.07. The van der Waals surface area contributed by atoms with Gasteiger partial charge in [0.1, 0.15) is 22.6 Å². The van der Waals surface area contributed by atoms with Gasteiger partial charge in [0.05, 0.1) is 32.8 Å². The van der Waals surface area contributed by atoms with Gasteiger partial charge in [-0.25, -0.2) is 9.78 Å². The molecule has 37 heavy (non-hydrogen) atoms. The Morgan fingerprint density at radius 2 is 1.68 bits per heavy atom. The number of methoxy groups -OCH3 is 2. The first-order valence-electron chi connectivity index (χ1n) is 11.2. The molecule has 2 aromatic heterocycles. The maximum Gasteiger partial charge on any atom is 0.349 e. The molecule has 0 saturated heterocycles. The fourth-order valence-corrected chi connectivity index (χ4v) is 4.01. The number of H-pyrrole nitrogens is 1. The lowest BCUT2D eigenvalue weighted by Gasteiger charge is -2.23. The number of ether oxygens (including phenoxy) is 2. The van der Waals surface area contributed by atoms with Gasteiger partial charge in [-0.15, -0.1) is 12.4 Å². The van der Waals surface area contributed by atoms with Crippen molar-refractivity contribution in [3.8, 4) is 22.8 Å². The lowest BCUT2D eigenvalue weighted by atomic mass is 10.1. The molecular weight excluding hydrogens is 494 g/mol. The Balaban J connectivity index is 0.00000320. The summed E-state index contributed by atoms with van der Waals surface area (Å²) in [6.07, 6.45) is 3.40. The number of hydrogen-bond acceptors (Lipinski definition) is 6. The minimum atomic E-state index is -0.694. The Morgan fingerprint density at radius 1 is 0.973 bits per heavy atom. The van der Waals surface area contributed by atoms with E-state index in [0.717, 1.165) is 16.8 Å². The van der Waals surface area contributed by atoms with E-state index in [1.165, 1.54) is 4.90 Å². The van der Waals surface area contributed by atoms with Crippen molar-refractivity contribution in [3.05, 3.63) is 107 Å². The number of carbonyl (C=O) groups excluding carboxylic acids is 1. The molecule has 0 aliphatic carbocycles. The number of carbonyl (C=O) groups is 1. The van der Waals surface area contributed by atoms with E-state index in [2.05, 4.69) is 9.97 Å². The second kappa shape index (κ2) is 11.0. The van der Waals surface area contributed by atoms with Gasteiger partial charge in [0, 0.05) is 28.9 Å². The van der Waals surface area contributed by atoms with Crippen LogP contribution < -0.4 is 20.0 Å². The molecule has 1 amide bonds. The molecule has 0 bridgehead atoms. The van der Waals surface area contributed by atoms with Crippen molar-refractivity contribution in [2.45, 2.75) is 6.54 Å². The van der Waals surface area contributed by atoms with Gasteiger partial charge in [-0.1, -0.05) is 30.3 Å². The molecule has 0 radical (unpaired) electrons. The van der Waals surface area contributed by atoms with Crippen LogP contribution in [0.5, 0.6) is 11.5 Å². The summed E-state index contributed by atoms with van der Waals surface area (Å²) < 4.78 is 16.2. The fourth-order valence-electron chi connectivity index (χ4n) is 4.01. The number of aromatic amines is 1. The molecule has 2 heterocycles. The quantitative estimate of drug-likeness (QED) is 0.287. The monoisotopic (exact) mass is 517 g/mol. The van der Waals surface area contributed by atoms with Crippen molar-refractivity contribution in [2.75, 3.05) is 19.1 Å². The standard InChI is InChI=1S/C28H23N3O5.ClH/c1-34-22-11-18(12-23(14-22)35-2)16-31(21-9-7-19(8-10-21)25-15-29-17-30-25)27(32)24-13-20-5-3-4-6-26(20)36-28(24)33;/h3-15,17H,16H2,1-2H3,(H,29,30);1H. The number of nitrogens with one attached hydrogen (secondary N) is 1. The molecule has 0 saturated carbocycles. The third-order valence-electron chi connectivity index (χ3n) is 5.84. The minimum absolute atomic E-state index is 0. The van der Waals surface area contributed by atoms with Gasteiger partial charge in [-0.3, -0.25) is 4.79 Å². The van der Waals surface area contributed by atoms with Crippen molar-refractivity contribution >= 4 is 35.0 Å². The van der Waals surface area contributed by atoms with Crippen LogP contribution in [0.15, 0.2) is 94.5 Å². The highest BCUT2D eigenvalue weighted by Gasteiger charge is 2.23. The number of halogens is 1. The average Bonchev–Trinajstić information content (AvgIpc) is 3.46. The molecule has 3 aromatic carbocycles. The number of amides is 1. The smallest absolute Gasteiger partial charge is 0.349 e. The molecule has 0 unspecified atom stereocenters. The van der Waals surface area contributed by atoms with E-state index < -0.39 is 11.5 Å². The summed E-state index contributed by atoms with van der Waals surface area (Å²) in [4.78, 5) is 35.4. The molecule has 0 spiro atoms. The van der Waals surface area contributed by atoms with Gasteiger partial charge in [-0.05, 0) is 42.0 Å². The summed E-state index contributed by atoms with van der Waals surface area (Å²) in [5.74, 6) is 0.704. The topological polar surface area (TPSA) is 97.7 Å². The maximum atomic E-state index is 13.8. The lowest BCUT2D eigenvalue weighted by molar-refractivity contribution is 0.0981. The number of anilines is 1. The molecule has 9 heteroatoms. The summed E-state index contributed by atoms with van der Waals surface area (Å²) >= 11 is 0. The predicted octanol–water partition coefficient (Wildman–Crippen LogP) is 5.47. The van der Waals surface area contributed by atoms with E-state index in [1.807, 2.05) is 42.5 Å². The summed E-state index contributed by atoms with van der Waals surface area (Å²) in [5, 5.41) is 0.664. The predicted molar refractivity (Wildman–Crippen MR) is 144 cm³/mol. The molecule has 0 aliphatic rings. The number of hydrogen-bond donors (Lipinski definition) is 1. The van der Waals surface area contributed by atoms with Crippen LogP contribution in [0, 0.1) is 0 Å². The first kappa shape index (κ1) is 25.5. The van der Waals surface area contributed by atoms with E-state index in [-0.39, 0.29) is 24.5 Å². The van der Waals surface area contributed by atoms with Crippen LogP contribution in [0.3, 0.4) is 0 Å². The van der Waals surface area contributed by atoms with Crippen molar-refractivity contribution in [3.63, 3.8) is 0 Å². The molecule has 188 valence electrons. The third-order valence-corrected chi connectivity index (χ3v) is 5.84. The highest BCUT2D eigenvalue weighted by Crippen LogP contribution is 2.28. The van der Waals surface area contributed by atoms with Crippen LogP contribution in [0.25, 0.3) is 22.2 Å². The number of rotatable bonds is 7. The number of nitrogens with zero attached hydrogens (tertiary/aromatic N) is 2. The zero-order valence-corrected chi connectivity index (χ0v) is 21.0. The molecular formula is C28H24ClN3O5. The number of aromatic nitrogens is 2. The average molecular weight is 518 g/mol. The Kier molecular flexibility index (Phi) is 7.60. The van der Waals surface area contributed by atoms with E-state index >= 15 is 0 Å². The maximum absolute atomic E-state index is 13.8. The first-order valence-corrected chi connectivity index (χ1v) is 11.2. The van der Waals surface area contributed by atoms with Crippen molar-refractivity contribution in [2.24, 2.45) is 0 Å². The second-order valence-corrected chi connectivity index (χ2v) is 8.10. The SMILES string of the molecule is COc1cc(CN(C(=O)c2cc3ccccc3oc2=O)c2ccc(-c3c[nH]cn3)cc2)cc(OC)c1.Cl. The molecule has 0 atom stereocenters. The number of fused-ring (bicyclic) bond motifs is 1. The Labute approximate surface area is 218 Å². The van der Waals surface area contributed by atoms with Gasteiger partial charge in [0.15, 0.2) is 0 Å². The van der Waals surface area contributed by atoms with Crippen LogP contribution in [-0.2, 0) is 6.54 Å². The van der Waals surface area contributed by atoms with Crippen LogP contribution in [0.4, 0.5) is 5.69 Å².